The van der Waals surface area contributed by atoms with Crippen molar-refractivity contribution in [3.8, 4) is 0 Å². The molecule has 3 nitrogen and oxygen atoms in total. The zero-order valence-electron chi connectivity index (χ0n) is 6.52. The first kappa shape index (κ1) is 11.6. The van der Waals surface area contributed by atoms with E-state index in [1.54, 1.807) is 7.05 Å². The highest BCUT2D eigenvalue weighted by atomic mass is 28.3. The number of amides is 1. The van der Waals surface area contributed by atoms with Gasteiger partial charge in [-0.3, -0.25) is 4.79 Å². The molecule has 5 heteroatoms. The third kappa shape index (κ3) is 18.1. The topological polar surface area (TPSA) is 38.3 Å². The summed E-state index contributed by atoms with van der Waals surface area (Å²) in [4.78, 5) is 10.1. The summed E-state index contributed by atoms with van der Waals surface area (Å²) in [5.41, 5.74) is 0. The standard InChI is InChI=1S/C4H9NO.H6OSi2/c1-3-4(6)5-2;2-1-3/h3H2,1-2H3,(H,5,6);2-3H3. The smallest absolute Gasteiger partial charge is 0.219 e. The van der Waals surface area contributed by atoms with E-state index in [9.17, 15) is 4.79 Å². The Morgan fingerprint density at radius 1 is 1.67 bits per heavy atom. The van der Waals surface area contributed by atoms with Crippen molar-refractivity contribution in [2.75, 3.05) is 7.05 Å². The van der Waals surface area contributed by atoms with E-state index in [-0.39, 0.29) is 5.91 Å². The van der Waals surface area contributed by atoms with Crippen LogP contribution >= 0.6 is 0 Å². The van der Waals surface area contributed by atoms with E-state index >= 15 is 0 Å². The molecule has 0 saturated heterocycles. The Morgan fingerprint density at radius 3 is 2.00 bits per heavy atom. The van der Waals surface area contributed by atoms with E-state index in [4.69, 9.17) is 0 Å². The van der Waals surface area contributed by atoms with Gasteiger partial charge in [0.05, 0.1) is 0 Å². The van der Waals surface area contributed by atoms with Gasteiger partial charge in [-0.2, -0.15) is 0 Å². The Labute approximate surface area is 62.3 Å². The van der Waals surface area contributed by atoms with Gasteiger partial charge in [0.2, 0.25) is 5.91 Å². The van der Waals surface area contributed by atoms with Gasteiger partial charge in [-0.1, -0.05) is 6.92 Å². The van der Waals surface area contributed by atoms with Crippen LogP contribution in [0.25, 0.3) is 0 Å². The molecular weight excluding hydrogens is 150 g/mol. The summed E-state index contributed by atoms with van der Waals surface area (Å²) in [5, 5.41) is 2.48. The zero-order valence-corrected chi connectivity index (χ0v) is 10.5. The first-order chi connectivity index (χ1) is 4.22. The average Bonchev–Trinajstić information content (AvgIpc) is 1.88. The van der Waals surface area contributed by atoms with Crippen molar-refractivity contribution >= 4 is 26.9 Å². The molecule has 0 aliphatic carbocycles. The molecule has 9 heavy (non-hydrogen) atoms. The van der Waals surface area contributed by atoms with E-state index in [0.29, 0.717) is 6.42 Å². The Balaban J connectivity index is 0. The lowest BCUT2D eigenvalue weighted by Crippen LogP contribution is -2.15. The summed E-state index contributed by atoms with van der Waals surface area (Å²) in [7, 11) is 3.49. The SMILES string of the molecule is CCC(=O)NC.[SiH3]O[SiH3]. The normalized spacial score (nSPS) is 7.78. The van der Waals surface area contributed by atoms with Crippen molar-refractivity contribution in [2.24, 2.45) is 0 Å². The van der Waals surface area contributed by atoms with Gasteiger partial charge in [-0.25, -0.2) is 0 Å². The van der Waals surface area contributed by atoms with Crippen LogP contribution in [0.5, 0.6) is 0 Å². The molecular formula is C4H15NO2Si2. The molecule has 1 amide bonds. The number of carbonyl (C=O) groups is 1. The summed E-state index contributed by atoms with van der Waals surface area (Å²) >= 11 is 0. The highest BCUT2D eigenvalue weighted by Crippen LogP contribution is 1.68. The number of carbonyl (C=O) groups excluding carboxylic acids is 1. The molecule has 0 aromatic rings. The molecule has 0 aliphatic heterocycles. The van der Waals surface area contributed by atoms with E-state index in [0.717, 1.165) is 21.0 Å². The van der Waals surface area contributed by atoms with Crippen molar-refractivity contribution in [3.05, 3.63) is 0 Å². The van der Waals surface area contributed by atoms with E-state index in [1.807, 2.05) is 6.92 Å². The van der Waals surface area contributed by atoms with Crippen molar-refractivity contribution in [3.63, 3.8) is 0 Å². The van der Waals surface area contributed by atoms with Gasteiger partial charge in [0, 0.05) is 13.5 Å². The molecule has 0 heterocycles. The highest BCUT2D eigenvalue weighted by molar-refractivity contribution is 6.15. The minimum absolute atomic E-state index is 0.0926. The lowest BCUT2D eigenvalue weighted by atomic mass is 10.5. The molecule has 0 aromatic carbocycles. The first-order valence-corrected chi connectivity index (χ1v) is 4.46. The monoisotopic (exact) mass is 165 g/mol. The lowest BCUT2D eigenvalue weighted by Gasteiger charge is -1.87. The van der Waals surface area contributed by atoms with Crippen LogP contribution in [0.2, 0.25) is 0 Å². The molecule has 0 spiro atoms. The average molecular weight is 165 g/mol. The van der Waals surface area contributed by atoms with Crippen LogP contribution in [0.1, 0.15) is 13.3 Å². The van der Waals surface area contributed by atoms with Crippen LogP contribution in [0.3, 0.4) is 0 Å². The third-order valence-electron chi connectivity index (χ3n) is 0.600. The van der Waals surface area contributed by atoms with Crippen LogP contribution in [0.4, 0.5) is 0 Å². The molecule has 0 radical (unpaired) electrons. The second-order valence-electron chi connectivity index (χ2n) is 1.43. The molecule has 0 atom stereocenters. The van der Waals surface area contributed by atoms with Crippen LogP contribution in [0.15, 0.2) is 0 Å². The van der Waals surface area contributed by atoms with Gasteiger partial charge in [-0.15, -0.1) is 0 Å². The Morgan fingerprint density at radius 2 is 2.00 bits per heavy atom. The zero-order chi connectivity index (χ0) is 7.70. The lowest BCUT2D eigenvalue weighted by molar-refractivity contribution is -0.120. The first-order valence-electron chi connectivity index (χ1n) is 2.83. The molecule has 0 saturated carbocycles. The van der Waals surface area contributed by atoms with Crippen molar-refractivity contribution < 1.29 is 8.91 Å². The summed E-state index contributed by atoms with van der Waals surface area (Å²) < 4.78 is 4.53. The van der Waals surface area contributed by atoms with E-state index in [1.165, 1.54) is 0 Å². The minimum atomic E-state index is 0.0926. The fraction of sp³-hybridized carbons (Fsp3) is 0.750. The van der Waals surface area contributed by atoms with Crippen molar-refractivity contribution in [2.45, 2.75) is 13.3 Å². The largest absolute Gasteiger partial charge is 0.471 e. The van der Waals surface area contributed by atoms with Crippen LogP contribution in [0, 0.1) is 0 Å². The van der Waals surface area contributed by atoms with Crippen LogP contribution < -0.4 is 5.32 Å². The molecule has 0 fully saturated rings. The van der Waals surface area contributed by atoms with Crippen molar-refractivity contribution in [1.82, 2.24) is 5.32 Å². The number of nitrogens with one attached hydrogen (secondary N) is 1. The fourth-order valence-corrected chi connectivity index (χ4v) is 0.177. The minimum Gasteiger partial charge on any atom is -0.471 e. The van der Waals surface area contributed by atoms with Gasteiger partial charge in [0.15, 0.2) is 0 Å². The Kier molecular flexibility index (Phi) is 13.9. The van der Waals surface area contributed by atoms with Gasteiger partial charge >= 0.3 is 0 Å². The second kappa shape index (κ2) is 10.8. The van der Waals surface area contributed by atoms with E-state index < -0.39 is 0 Å². The molecule has 1 N–H and O–H groups in total. The maximum Gasteiger partial charge on any atom is 0.219 e. The van der Waals surface area contributed by atoms with Crippen molar-refractivity contribution in [1.29, 1.82) is 0 Å². The van der Waals surface area contributed by atoms with Gasteiger partial charge in [0.1, 0.15) is 21.0 Å². The number of hydrogen-bond donors (Lipinski definition) is 1. The summed E-state index contributed by atoms with van der Waals surface area (Å²) in [5.74, 6) is 0.0926. The molecule has 0 aromatic heterocycles. The summed E-state index contributed by atoms with van der Waals surface area (Å²) in [6, 6.07) is 0. The molecule has 0 aliphatic rings. The summed E-state index contributed by atoms with van der Waals surface area (Å²) in [6.45, 7) is 1.82. The predicted octanol–water partition coefficient (Wildman–Crippen LogP) is -2.29. The number of hydrogen-bond acceptors (Lipinski definition) is 2. The number of rotatable bonds is 1. The third-order valence-corrected chi connectivity index (χ3v) is 0.600. The van der Waals surface area contributed by atoms with E-state index in [2.05, 4.69) is 9.43 Å². The van der Waals surface area contributed by atoms with Crippen LogP contribution in [-0.2, 0) is 8.91 Å². The maximum atomic E-state index is 10.1. The van der Waals surface area contributed by atoms with Gasteiger partial charge in [-0.05, 0) is 0 Å². The van der Waals surface area contributed by atoms with Gasteiger partial charge in [0.25, 0.3) is 0 Å². The molecule has 56 valence electrons. The Hall–Kier alpha value is -0.136. The molecule has 0 rings (SSSR count). The summed E-state index contributed by atoms with van der Waals surface area (Å²) in [6.07, 6.45) is 0.580. The quantitative estimate of drug-likeness (QED) is 0.444. The predicted molar refractivity (Wildman–Crippen MR) is 45.3 cm³/mol. The highest BCUT2D eigenvalue weighted by Gasteiger charge is 1.84. The molecule has 0 bridgehead atoms. The maximum absolute atomic E-state index is 10.1. The second-order valence-corrected chi connectivity index (χ2v) is 4.70. The molecule has 0 unspecified atom stereocenters. The Bertz CT molecular complexity index is 63.6. The fourth-order valence-electron chi connectivity index (χ4n) is 0.177. The van der Waals surface area contributed by atoms with Gasteiger partial charge < -0.3 is 9.43 Å². The van der Waals surface area contributed by atoms with Crippen LogP contribution in [-0.4, -0.2) is 33.9 Å².